The van der Waals surface area contributed by atoms with Gasteiger partial charge in [-0.05, 0) is 12.0 Å². The highest BCUT2D eigenvalue weighted by atomic mass is 32.2. The van der Waals surface area contributed by atoms with Crippen LogP contribution in [-0.2, 0) is 16.4 Å². The number of aliphatic hydroxyl groups is 1. The summed E-state index contributed by atoms with van der Waals surface area (Å²) in [5, 5.41) is 19.8. The zero-order chi connectivity index (χ0) is 15.5. The maximum Gasteiger partial charge on any atom is 0.269 e. The van der Waals surface area contributed by atoms with E-state index in [2.05, 4.69) is 0 Å². The van der Waals surface area contributed by atoms with E-state index in [0.29, 0.717) is 19.5 Å². The summed E-state index contributed by atoms with van der Waals surface area (Å²) in [6, 6.07) is 6.07. The number of rotatable bonds is 6. The lowest BCUT2D eigenvalue weighted by Crippen LogP contribution is -2.37. The minimum absolute atomic E-state index is 0.0240. The predicted molar refractivity (Wildman–Crippen MR) is 77.7 cm³/mol. The number of hydrogen-bond acceptors (Lipinski definition) is 6. The Labute approximate surface area is 123 Å². The highest BCUT2D eigenvalue weighted by Gasteiger charge is 2.31. The van der Waals surface area contributed by atoms with Gasteiger partial charge >= 0.3 is 0 Å². The maximum atomic E-state index is 11.6. The molecular formula is C13H18N2O5S. The zero-order valence-corrected chi connectivity index (χ0v) is 12.3. The van der Waals surface area contributed by atoms with Crippen LogP contribution in [0.5, 0.6) is 0 Å². The summed E-state index contributed by atoms with van der Waals surface area (Å²) in [5.41, 5.74) is 0.884. The molecule has 0 saturated carbocycles. The van der Waals surface area contributed by atoms with E-state index >= 15 is 0 Å². The van der Waals surface area contributed by atoms with Crippen LogP contribution in [0.3, 0.4) is 0 Å². The van der Waals surface area contributed by atoms with Gasteiger partial charge in [-0.1, -0.05) is 12.1 Å². The first-order valence-electron chi connectivity index (χ1n) is 6.70. The predicted octanol–water partition coefficient (Wildman–Crippen LogP) is 0.576. The summed E-state index contributed by atoms with van der Waals surface area (Å²) < 4.78 is 23.1. The number of non-ortho nitro benzene ring substituents is 1. The second-order valence-electron chi connectivity index (χ2n) is 5.17. The number of benzene rings is 1. The summed E-state index contributed by atoms with van der Waals surface area (Å²) in [4.78, 5) is 12.1. The molecule has 0 aromatic heterocycles. The Morgan fingerprint density at radius 1 is 1.33 bits per heavy atom. The Morgan fingerprint density at radius 3 is 2.48 bits per heavy atom. The molecule has 21 heavy (non-hydrogen) atoms. The van der Waals surface area contributed by atoms with Crippen LogP contribution in [-0.4, -0.2) is 54.0 Å². The number of sulfone groups is 1. The van der Waals surface area contributed by atoms with Gasteiger partial charge in [0.2, 0.25) is 0 Å². The monoisotopic (exact) mass is 314 g/mol. The molecule has 1 heterocycles. The second kappa shape index (κ2) is 6.50. The van der Waals surface area contributed by atoms with Crippen LogP contribution >= 0.6 is 0 Å². The smallest absolute Gasteiger partial charge is 0.269 e. The van der Waals surface area contributed by atoms with Crippen LogP contribution in [0.25, 0.3) is 0 Å². The van der Waals surface area contributed by atoms with Crippen molar-refractivity contribution in [3.05, 3.63) is 39.9 Å². The van der Waals surface area contributed by atoms with Gasteiger partial charge in [-0.25, -0.2) is 8.42 Å². The topological polar surface area (TPSA) is 101 Å². The molecule has 0 bridgehead atoms. The minimum atomic E-state index is -2.98. The molecule has 1 aromatic carbocycles. The van der Waals surface area contributed by atoms with Gasteiger partial charge in [0.15, 0.2) is 9.84 Å². The Balaban J connectivity index is 2.07. The fourth-order valence-electron chi connectivity index (χ4n) is 2.54. The van der Waals surface area contributed by atoms with E-state index in [1.807, 2.05) is 4.90 Å². The van der Waals surface area contributed by atoms with Gasteiger partial charge in [0.05, 0.1) is 23.0 Å². The van der Waals surface area contributed by atoms with Crippen molar-refractivity contribution < 1.29 is 18.4 Å². The van der Waals surface area contributed by atoms with Crippen molar-refractivity contribution in [2.24, 2.45) is 0 Å². The van der Waals surface area contributed by atoms with Crippen LogP contribution in [0.1, 0.15) is 12.0 Å². The van der Waals surface area contributed by atoms with Crippen molar-refractivity contribution in [3.8, 4) is 0 Å². The maximum absolute atomic E-state index is 11.6. The third-order valence-electron chi connectivity index (χ3n) is 3.64. The first-order valence-corrected chi connectivity index (χ1v) is 8.52. The average Bonchev–Trinajstić information content (AvgIpc) is 2.79. The van der Waals surface area contributed by atoms with Crippen molar-refractivity contribution >= 4 is 15.5 Å². The fraction of sp³-hybridized carbons (Fsp3) is 0.538. The lowest BCUT2D eigenvalue weighted by Gasteiger charge is -2.27. The number of aliphatic hydroxyl groups excluding tert-OH is 1. The summed E-state index contributed by atoms with van der Waals surface area (Å²) in [5.74, 6) is 0.292. The number of nitrogens with zero attached hydrogens (tertiary/aromatic N) is 2. The van der Waals surface area contributed by atoms with Crippen LogP contribution in [0, 0.1) is 10.1 Å². The SMILES string of the molecule is O=[N+]([O-])c1ccc(CN(CCO)[C@H]2CCS(=O)(=O)C2)cc1. The lowest BCUT2D eigenvalue weighted by molar-refractivity contribution is -0.384. The van der Waals surface area contributed by atoms with E-state index < -0.39 is 14.8 Å². The van der Waals surface area contributed by atoms with Crippen molar-refractivity contribution in [1.82, 2.24) is 4.90 Å². The van der Waals surface area contributed by atoms with Gasteiger partial charge in [0, 0.05) is 31.3 Å². The molecule has 1 atom stereocenters. The third kappa shape index (κ3) is 4.23. The normalized spacial score (nSPS) is 20.8. The molecule has 1 N–H and O–H groups in total. The number of hydrogen-bond donors (Lipinski definition) is 1. The second-order valence-corrected chi connectivity index (χ2v) is 7.40. The van der Waals surface area contributed by atoms with Crippen LogP contribution < -0.4 is 0 Å². The summed E-state index contributed by atoms with van der Waals surface area (Å²) in [6.45, 7) is 0.805. The molecule has 1 fully saturated rings. The van der Waals surface area contributed by atoms with Gasteiger partial charge < -0.3 is 5.11 Å². The van der Waals surface area contributed by atoms with Crippen LogP contribution in [0.4, 0.5) is 5.69 Å². The molecule has 0 spiro atoms. The summed E-state index contributed by atoms with van der Waals surface area (Å²) >= 11 is 0. The average molecular weight is 314 g/mol. The number of nitro groups is 1. The standard InChI is InChI=1S/C13H18N2O5S/c16-7-6-14(13-5-8-21(19,20)10-13)9-11-1-3-12(4-2-11)15(17)18/h1-4,13,16H,5-10H2/t13-/m0/s1. The highest BCUT2D eigenvalue weighted by molar-refractivity contribution is 7.91. The minimum Gasteiger partial charge on any atom is -0.395 e. The first-order chi connectivity index (χ1) is 9.91. The summed E-state index contributed by atoms with van der Waals surface area (Å²) in [7, 11) is -2.98. The third-order valence-corrected chi connectivity index (χ3v) is 5.40. The largest absolute Gasteiger partial charge is 0.395 e. The molecule has 0 aliphatic carbocycles. The van der Waals surface area contributed by atoms with Crippen molar-refractivity contribution in [2.45, 2.75) is 19.0 Å². The summed E-state index contributed by atoms with van der Waals surface area (Å²) in [6.07, 6.45) is 0.565. The quantitative estimate of drug-likeness (QED) is 0.609. The Hall–Kier alpha value is -1.51. The Morgan fingerprint density at radius 2 is 2.00 bits per heavy atom. The fourth-order valence-corrected chi connectivity index (χ4v) is 4.30. The molecule has 1 aliphatic heterocycles. The molecule has 0 unspecified atom stereocenters. The molecule has 0 radical (unpaired) electrons. The lowest BCUT2D eigenvalue weighted by atomic mass is 10.1. The van der Waals surface area contributed by atoms with Gasteiger partial charge in [-0.2, -0.15) is 0 Å². The van der Waals surface area contributed by atoms with E-state index in [1.54, 1.807) is 12.1 Å². The molecule has 8 heteroatoms. The van der Waals surface area contributed by atoms with Gasteiger partial charge in [-0.15, -0.1) is 0 Å². The molecule has 0 amide bonds. The van der Waals surface area contributed by atoms with Gasteiger partial charge in [0.1, 0.15) is 0 Å². The zero-order valence-electron chi connectivity index (χ0n) is 11.5. The van der Waals surface area contributed by atoms with Crippen LogP contribution in [0.15, 0.2) is 24.3 Å². The highest BCUT2D eigenvalue weighted by Crippen LogP contribution is 2.20. The molecule has 1 saturated heterocycles. The van der Waals surface area contributed by atoms with E-state index in [0.717, 1.165) is 5.56 Å². The van der Waals surface area contributed by atoms with Crippen molar-refractivity contribution in [3.63, 3.8) is 0 Å². The Bertz CT molecular complexity index is 599. The van der Waals surface area contributed by atoms with Crippen molar-refractivity contribution in [1.29, 1.82) is 0 Å². The van der Waals surface area contributed by atoms with E-state index in [4.69, 9.17) is 5.11 Å². The van der Waals surface area contributed by atoms with E-state index in [9.17, 15) is 18.5 Å². The van der Waals surface area contributed by atoms with Crippen LogP contribution in [0.2, 0.25) is 0 Å². The molecule has 7 nitrogen and oxygen atoms in total. The molecular weight excluding hydrogens is 296 g/mol. The van der Waals surface area contributed by atoms with E-state index in [-0.39, 0.29) is 29.8 Å². The van der Waals surface area contributed by atoms with E-state index in [1.165, 1.54) is 12.1 Å². The number of nitro benzene ring substituents is 1. The van der Waals surface area contributed by atoms with Crippen molar-refractivity contribution in [2.75, 3.05) is 24.7 Å². The van der Waals surface area contributed by atoms with Gasteiger partial charge in [0.25, 0.3) is 5.69 Å². The molecule has 1 aromatic rings. The molecule has 1 aliphatic rings. The Kier molecular flexibility index (Phi) is 4.92. The molecule has 2 rings (SSSR count). The molecule has 116 valence electrons. The first kappa shape index (κ1) is 15.9. The van der Waals surface area contributed by atoms with Gasteiger partial charge in [-0.3, -0.25) is 15.0 Å².